The predicted octanol–water partition coefficient (Wildman–Crippen LogP) is 4.67. The van der Waals surface area contributed by atoms with Crippen LogP contribution in [0.2, 0.25) is 0 Å². The normalized spacial score (nSPS) is 12.9. The van der Waals surface area contributed by atoms with Gasteiger partial charge in [-0.05, 0) is 63.8 Å². The van der Waals surface area contributed by atoms with Gasteiger partial charge in [-0.3, -0.25) is 0 Å². The van der Waals surface area contributed by atoms with Gasteiger partial charge in [0.25, 0.3) is 0 Å². The number of methoxy groups -OCH3 is 1. The summed E-state index contributed by atoms with van der Waals surface area (Å²) in [6, 6.07) is 8.65. The summed E-state index contributed by atoms with van der Waals surface area (Å²) in [6.07, 6.45) is 0.291. The van der Waals surface area contributed by atoms with E-state index in [2.05, 4.69) is 30.1 Å². The average Bonchev–Trinajstić information content (AvgIpc) is 2.75. The van der Waals surface area contributed by atoms with Gasteiger partial charge in [0.05, 0.1) is 18.9 Å². The van der Waals surface area contributed by atoms with Crippen LogP contribution in [0, 0.1) is 17.2 Å². The Morgan fingerprint density at radius 1 is 1.14 bits per heavy atom. The van der Waals surface area contributed by atoms with Gasteiger partial charge in [0, 0.05) is 11.1 Å². The molecule has 2 N–H and O–H groups in total. The summed E-state index contributed by atoms with van der Waals surface area (Å²) in [4.78, 5) is 25.6. The van der Waals surface area contributed by atoms with Crippen LogP contribution in [0.25, 0.3) is 11.1 Å². The van der Waals surface area contributed by atoms with Gasteiger partial charge in [-0.15, -0.1) is 5.10 Å². The molecule has 1 heterocycles. The first-order chi connectivity index (χ1) is 16.3. The van der Waals surface area contributed by atoms with Crippen LogP contribution in [0.3, 0.4) is 0 Å². The fourth-order valence-electron chi connectivity index (χ4n) is 3.44. The third-order valence-electron chi connectivity index (χ3n) is 4.67. The molecule has 10 nitrogen and oxygen atoms in total. The van der Waals surface area contributed by atoms with Crippen molar-refractivity contribution in [1.82, 2.24) is 10.2 Å². The van der Waals surface area contributed by atoms with E-state index in [4.69, 9.17) is 19.9 Å². The van der Waals surface area contributed by atoms with Gasteiger partial charge in [0.1, 0.15) is 24.0 Å². The number of amides is 2. The van der Waals surface area contributed by atoms with Crippen LogP contribution >= 0.6 is 0 Å². The summed E-state index contributed by atoms with van der Waals surface area (Å²) < 4.78 is 15.9. The van der Waals surface area contributed by atoms with Gasteiger partial charge in [-0.1, -0.05) is 19.9 Å². The number of carbonyl (C=O) groups excluding carboxylic acids is 2. The molecule has 0 unspecified atom stereocenters. The van der Waals surface area contributed by atoms with E-state index >= 15 is 0 Å². The quantitative estimate of drug-likeness (QED) is 0.595. The number of benzene rings is 1. The molecule has 0 aliphatic rings. The Kier molecular flexibility index (Phi) is 8.77. The van der Waals surface area contributed by atoms with E-state index < -0.39 is 23.3 Å². The van der Waals surface area contributed by atoms with Crippen molar-refractivity contribution < 1.29 is 23.8 Å². The minimum Gasteiger partial charge on any atom is -0.490 e. The zero-order chi connectivity index (χ0) is 26.4. The first-order valence-corrected chi connectivity index (χ1v) is 11.2. The molecule has 0 aliphatic heterocycles. The molecule has 1 atom stereocenters. The monoisotopic (exact) mass is 483 g/mol. The van der Waals surface area contributed by atoms with E-state index in [0.717, 1.165) is 13.5 Å². The summed E-state index contributed by atoms with van der Waals surface area (Å²) in [5.74, 6) is 0.726. The summed E-state index contributed by atoms with van der Waals surface area (Å²) in [5.41, 5.74) is 6.36. The zero-order valence-electron chi connectivity index (χ0n) is 21.3. The highest BCUT2D eigenvalue weighted by atomic mass is 16.6. The number of nitrogens with two attached hydrogens (primary N) is 1. The number of carbonyl (C=O) groups is 2. The number of imide groups is 1. The van der Waals surface area contributed by atoms with Gasteiger partial charge < -0.3 is 19.9 Å². The van der Waals surface area contributed by atoms with Gasteiger partial charge in [-0.25, -0.2) is 9.59 Å². The van der Waals surface area contributed by atoms with Crippen LogP contribution in [-0.2, 0) is 9.47 Å². The first-order valence-electron chi connectivity index (χ1n) is 11.2. The van der Waals surface area contributed by atoms with Crippen molar-refractivity contribution in [2.24, 2.45) is 11.7 Å². The lowest BCUT2D eigenvalue weighted by atomic mass is 9.93. The molecule has 0 saturated carbocycles. The number of anilines is 1. The smallest absolute Gasteiger partial charge is 0.425 e. The molecule has 0 saturated heterocycles. The predicted molar refractivity (Wildman–Crippen MR) is 131 cm³/mol. The minimum absolute atomic E-state index is 0.0879. The molecule has 1 aromatic carbocycles. The Morgan fingerprint density at radius 2 is 1.83 bits per heavy atom. The molecule has 2 amide bonds. The summed E-state index contributed by atoms with van der Waals surface area (Å²) >= 11 is 0. The molecule has 35 heavy (non-hydrogen) atoms. The van der Waals surface area contributed by atoms with Crippen molar-refractivity contribution >= 4 is 18.0 Å². The van der Waals surface area contributed by atoms with Crippen LogP contribution in [-0.4, -0.2) is 47.2 Å². The topological polar surface area (TPSA) is 141 Å². The van der Waals surface area contributed by atoms with Crippen molar-refractivity contribution in [3.63, 3.8) is 0 Å². The van der Waals surface area contributed by atoms with Crippen molar-refractivity contribution in [2.75, 3.05) is 18.6 Å². The third kappa shape index (κ3) is 7.93. The van der Waals surface area contributed by atoms with Crippen molar-refractivity contribution in [3.05, 3.63) is 36.0 Å². The molecular formula is C25H33N5O5. The second-order valence-corrected chi connectivity index (χ2v) is 9.95. The lowest BCUT2D eigenvalue weighted by molar-refractivity contribution is 0.0574. The SMILES string of the molecule is COC(=O)N(C(=O)OC(C)(C)C)c1cc(-c2ccc(OC[C@@](C)(N)CC(C)C)c(C#N)c2)cnn1. The van der Waals surface area contributed by atoms with Gasteiger partial charge >= 0.3 is 12.2 Å². The molecule has 0 bridgehead atoms. The van der Waals surface area contributed by atoms with Crippen molar-refractivity contribution in [1.29, 1.82) is 5.26 Å². The molecule has 0 radical (unpaired) electrons. The number of ether oxygens (including phenoxy) is 3. The fraction of sp³-hybridized carbons (Fsp3) is 0.480. The van der Waals surface area contributed by atoms with E-state index in [1.807, 2.05) is 6.92 Å². The highest BCUT2D eigenvalue weighted by molar-refractivity contribution is 6.08. The molecule has 0 spiro atoms. The van der Waals surface area contributed by atoms with Gasteiger partial charge in [0.15, 0.2) is 5.82 Å². The van der Waals surface area contributed by atoms with Crippen LogP contribution in [0.4, 0.5) is 15.4 Å². The standard InChI is InChI=1S/C25H33N5O5/c1-16(2)12-25(6,27)15-34-20-9-8-17(10-18(20)13-26)19-11-21(29-28-14-19)30(22(31)33-7)23(32)35-24(3,4)5/h8-11,14,16H,12,15,27H2,1-7H3/t25-/m0/s1. The van der Waals surface area contributed by atoms with Crippen LogP contribution in [0.1, 0.15) is 53.5 Å². The molecule has 188 valence electrons. The maximum Gasteiger partial charge on any atom is 0.425 e. The minimum atomic E-state index is -0.974. The largest absolute Gasteiger partial charge is 0.490 e. The zero-order valence-corrected chi connectivity index (χ0v) is 21.3. The van der Waals surface area contributed by atoms with Crippen molar-refractivity contribution in [2.45, 2.75) is 59.1 Å². The molecule has 0 aliphatic carbocycles. The highest BCUT2D eigenvalue weighted by Crippen LogP contribution is 2.29. The lowest BCUT2D eigenvalue weighted by Gasteiger charge is -2.27. The van der Waals surface area contributed by atoms with E-state index in [1.165, 1.54) is 12.3 Å². The molecule has 10 heteroatoms. The molecule has 1 aromatic heterocycles. The Hall–Kier alpha value is -3.71. The lowest BCUT2D eigenvalue weighted by Crippen LogP contribution is -2.43. The average molecular weight is 484 g/mol. The van der Waals surface area contributed by atoms with Gasteiger partial charge in [0.2, 0.25) is 0 Å². The van der Waals surface area contributed by atoms with Crippen LogP contribution in [0.15, 0.2) is 30.5 Å². The second kappa shape index (κ2) is 11.1. The number of nitrogens with zero attached hydrogens (tertiary/aromatic N) is 4. The maximum absolute atomic E-state index is 12.6. The molecule has 0 fully saturated rings. The molecular weight excluding hydrogens is 450 g/mol. The van der Waals surface area contributed by atoms with E-state index in [1.54, 1.807) is 39.0 Å². The van der Waals surface area contributed by atoms with Crippen LogP contribution in [0.5, 0.6) is 5.75 Å². The van der Waals surface area contributed by atoms with E-state index in [-0.39, 0.29) is 12.4 Å². The number of aromatic nitrogens is 2. The van der Waals surface area contributed by atoms with E-state index in [0.29, 0.717) is 33.3 Å². The Morgan fingerprint density at radius 3 is 2.40 bits per heavy atom. The number of hydrogen-bond donors (Lipinski definition) is 1. The highest BCUT2D eigenvalue weighted by Gasteiger charge is 2.31. The first kappa shape index (κ1) is 27.5. The number of nitriles is 1. The van der Waals surface area contributed by atoms with Crippen LogP contribution < -0.4 is 15.4 Å². The Labute approximate surface area is 206 Å². The summed E-state index contributed by atoms with van der Waals surface area (Å²) in [7, 11) is 1.14. The number of hydrogen-bond acceptors (Lipinski definition) is 9. The van der Waals surface area contributed by atoms with E-state index in [9.17, 15) is 14.9 Å². The second-order valence-electron chi connectivity index (χ2n) is 9.95. The Bertz CT molecular complexity index is 1100. The third-order valence-corrected chi connectivity index (χ3v) is 4.67. The van der Waals surface area contributed by atoms with Gasteiger partial charge in [-0.2, -0.15) is 15.3 Å². The summed E-state index contributed by atoms with van der Waals surface area (Å²) in [6.45, 7) is 11.4. The maximum atomic E-state index is 12.6. The number of rotatable bonds is 7. The molecule has 2 aromatic rings. The van der Waals surface area contributed by atoms with Crippen molar-refractivity contribution in [3.8, 4) is 22.9 Å². The Balaban J connectivity index is 2.36. The molecule has 2 rings (SSSR count). The summed E-state index contributed by atoms with van der Waals surface area (Å²) in [5, 5.41) is 17.5. The fourth-order valence-corrected chi connectivity index (χ4v) is 3.44.